The van der Waals surface area contributed by atoms with Gasteiger partial charge in [0.2, 0.25) is 11.8 Å². The van der Waals surface area contributed by atoms with Crippen molar-refractivity contribution in [2.75, 3.05) is 32.2 Å². The minimum atomic E-state index is -0.451. The molecule has 0 aliphatic rings. The van der Waals surface area contributed by atoms with E-state index in [1.54, 1.807) is 19.2 Å². The molecule has 2 aromatic rings. The number of aromatic nitrogens is 3. The van der Waals surface area contributed by atoms with Gasteiger partial charge in [0.15, 0.2) is 0 Å². The van der Waals surface area contributed by atoms with Crippen LogP contribution in [0.5, 0.6) is 5.88 Å². The zero-order chi connectivity index (χ0) is 16.5. The van der Waals surface area contributed by atoms with Crippen LogP contribution in [0.2, 0.25) is 0 Å². The highest BCUT2D eigenvalue weighted by atomic mass is 16.5. The van der Waals surface area contributed by atoms with Crippen LogP contribution < -0.4 is 15.4 Å². The fourth-order valence-electron chi connectivity index (χ4n) is 1.68. The van der Waals surface area contributed by atoms with Gasteiger partial charge in [-0.25, -0.2) is 4.98 Å². The normalized spacial score (nSPS) is 10.1. The van der Waals surface area contributed by atoms with E-state index in [2.05, 4.69) is 25.8 Å². The van der Waals surface area contributed by atoms with Gasteiger partial charge in [0.05, 0.1) is 25.0 Å². The molecule has 0 saturated heterocycles. The first-order valence-electron chi connectivity index (χ1n) is 6.84. The lowest BCUT2D eigenvalue weighted by atomic mass is 10.2. The lowest BCUT2D eigenvalue weighted by Gasteiger charge is -2.10. The maximum atomic E-state index is 12.1. The predicted octanol–water partition coefficient (Wildman–Crippen LogP) is 0.198. The molecule has 2 rings (SSSR count). The number of amides is 2. The van der Waals surface area contributed by atoms with Crippen LogP contribution in [0.3, 0.4) is 0 Å². The van der Waals surface area contributed by atoms with Crippen molar-refractivity contribution >= 4 is 17.5 Å². The second-order valence-electron chi connectivity index (χ2n) is 4.42. The van der Waals surface area contributed by atoms with Crippen molar-refractivity contribution in [2.24, 2.45) is 0 Å². The zero-order valence-electron chi connectivity index (χ0n) is 12.5. The molecule has 122 valence electrons. The van der Waals surface area contributed by atoms with Gasteiger partial charge in [-0.3, -0.25) is 14.7 Å². The van der Waals surface area contributed by atoms with Crippen LogP contribution in [0.4, 0.5) is 5.69 Å². The first-order chi connectivity index (χ1) is 11.2. The minimum Gasteiger partial charge on any atom is -0.475 e. The van der Waals surface area contributed by atoms with Gasteiger partial charge in [-0.2, -0.15) is 5.10 Å². The minimum absolute atomic E-state index is 0.184. The number of rotatable bonds is 8. The highest BCUT2D eigenvalue weighted by Gasteiger charge is 2.14. The number of methoxy groups -OCH3 is 1. The highest BCUT2D eigenvalue weighted by Crippen LogP contribution is 2.13. The molecular formula is C14H17N5O4. The Hall–Kier alpha value is -2.94. The third-order valence-electron chi connectivity index (χ3n) is 2.73. The summed E-state index contributed by atoms with van der Waals surface area (Å²) in [6.45, 7) is 0.468. The van der Waals surface area contributed by atoms with Crippen molar-refractivity contribution in [3.8, 4) is 5.88 Å². The van der Waals surface area contributed by atoms with Gasteiger partial charge in [-0.05, 0) is 12.1 Å². The lowest BCUT2D eigenvalue weighted by Crippen LogP contribution is -2.33. The van der Waals surface area contributed by atoms with Crippen LogP contribution in [0.1, 0.15) is 10.4 Å². The number of carbonyl (C=O) groups is 2. The van der Waals surface area contributed by atoms with Crippen LogP contribution >= 0.6 is 0 Å². The van der Waals surface area contributed by atoms with Crippen LogP contribution in [0, 0.1) is 0 Å². The third-order valence-corrected chi connectivity index (χ3v) is 2.73. The van der Waals surface area contributed by atoms with Gasteiger partial charge < -0.3 is 20.1 Å². The molecule has 0 unspecified atom stereocenters. The number of anilines is 1. The molecule has 0 bridgehead atoms. The molecule has 0 aliphatic heterocycles. The fraction of sp³-hybridized carbons (Fsp3) is 0.286. The summed E-state index contributed by atoms with van der Waals surface area (Å²) >= 11 is 0. The Morgan fingerprint density at radius 2 is 2.22 bits per heavy atom. The van der Waals surface area contributed by atoms with Crippen molar-refractivity contribution in [2.45, 2.75) is 0 Å². The first kappa shape index (κ1) is 16.4. The number of pyridine rings is 1. The number of nitrogens with zero attached hydrogens (tertiary/aromatic N) is 2. The monoisotopic (exact) mass is 319 g/mol. The third kappa shape index (κ3) is 5.08. The molecule has 23 heavy (non-hydrogen) atoms. The van der Waals surface area contributed by atoms with Crippen molar-refractivity contribution in [1.82, 2.24) is 20.5 Å². The van der Waals surface area contributed by atoms with Crippen LogP contribution in [-0.2, 0) is 9.53 Å². The Kier molecular flexibility index (Phi) is 6.07. The summed E-state index contributed by atoms with van der Waals surface area (Å²) in [7, 11) is 1.55. The van der Waals surface area contributed by atoms with E-state index < -0.39 is 5.91 Å². The van der Waals surface area contributed by atoms with Gasteiger partial charge in [0.1, 0.15) is 12.2 Å². The Bertz CT molecular complexity index is 644. The molecule has 0 atom stereocenters. The van der Waals surface area contributed by atoms with E-state index >= 15 is 0 Å². The Balaban J connectivity index is 1.88. The molecule has 2 heterocycles. The van der Waals surface area contributed by atoms with Crippen LogP contribution in [0.25, 0.3) is 0 Å². The molecule has 3 N–H and O–H groups in total. The van der Waals surface area contributed by atoms with Crippen molar-refractivity contribution in [1.29, 1.82) is 0 Å². The molecular weight excluding hydrogens is 302 g/mol. The summed E-state index contributed by atoms with van der Waals surface area (Å²) in [5.41, 5.74) is 0.772. The van der Waals surface area contributed by atoms with E-state index in [-0.39, 0.29) is 30.5 Å². The topological polar surface area (TPSA) is 118 Å². The quantitative estimate of drug-likeness (QED) is 0.598. The molecule has 0 saturated carbocycles. The van der Waals surface area contributed by atoms with Crippen LogP contribution in [0.15, 0.2) is 30.7 Å². The van der Waals surface area contributed by atoms with E-state index in [9.17, 15) is 9.59 Å². The molecule has 9 heteroatoms. The summed E-state index contributed by atoms with van der Waals surface area (Å²) < 4.78 is 10.3. The summed E-state index contributed by atoms with van der Waals surface area (Å²) in [5, 5.41) is 11.4. The van der Waals surface area contributed by atoms with Gasteiger partial charge in [-0.15, -0.1) is 0 Å². The van der Waals surface area contributed by atoms with Crippen molar-refractivity contribution in [3.05, 3.63) is 36.3 Å². The average molecular weight is 319 g/mol. The number of hydrogen-bond donors (Lipinski definition) is 3. The maximum Gasteiger partial charge on any atom is 0.257 e. The van der Waals surface area contributed by atoms with E-state index in [1.807, 2.05) is 0 Å². The zero-order valence-corrected chi connectivity index (χ0v) is 12.5. The van der Waals surface area contributed by atoms with E-state index in [0.29, 0.717) is 12.3 Å². The number of ether oxygens (including phenoxy) is 2. The van der Waals surface area contributed by atoms with Crippen LogP contribution in [-0.4, -0.2) is 53.9 Å². The van der Waals surface area contributed by atoms with Crippen molar-refractivity contribution < 1.29 is 19.1 Å². The summed E-state index contributed by atoms with van der Waals surface area (Å²) in [6, 6.07) is 3.18. The summed E-state index contributed by atoms with van der Waals surface area (Å²) in [5.74, 6) is -0.629. The van der Waals surface area contributed by atoms with Gasteiger partial charge in [0.25, 0.3) is 5.91 Å². The summed E-state index contributed by atoms with van der Waals surface area (Å²) in [4.78, 5) is 27.9. The maximum absolute atomic E-state index is 12.1. The Morgan fingerprint density at radius 1 is 1.35 bits per heavy atom. The van der Waals surface area contributed by atoms with Gasteiger partial charge in [0, 0.05) is 19.5 Å². The molecule has 0 spiro atoms. The average Bonchev–Trinajstić information content (AvgIpc) is 3.06. The molecule has 0 radical (unpaired) electrons. The summed E-state index contributed by atoms with van der Waals surface area (Å²) in [6.07, 6.45) is 4.51. The fourth-order valence-corrected chi connectivity index (χ4v) is 1.68. The lowest BCUT2D eigenvalue weighted by molar-refractivity contribution is -0.115. The molecule has 2 amide bonds. The number of aromatic amines is 1. The molecule has 0 aliphatic carbocycles. The second kappa shape index (κ2) is 8.49. The standard InChI is InChI=1S/C14H17N5O4/c1-22-5-6-23-14-11(3-2-4-15-14)13(21)16-9-12(20)19-10-7-17-18-8-10/h2-4,7-8H,5-6,9H2,1H3,(H,16,21)(H,17,18)(H,19,20). The Labute approximate surface area is 132 Å². The largest absolute Gasteiger partial charge is 0.475 e. The van der Waals surface area contributed by atoms with E-state index in [4.69, 9.17) is 9.47 Å². The van der Waals surface area contributed by atoms with Gasteiger partial charge >= 0.3 is 0 Å². The molecule has 0 aromatic carbocycles. The number of hydrogen-bond acceptors (Lipinski definition) is 6. The molecule has 0 fully saturated rings. The highest BCUT2D eigenvalue weighted by molar-refractivity contribution is 6.00. The Morgan fingerprint density at radius 3 is 2.96 bits per heavy atom. The number of carbonyl (C=O) groups excluding carboxylic acids is 2. The SMILES string of the molecule is COCCOc1ncccc1C(=O)NCC(=O)Nc1cn[nH]c1. The second-order valence-corrected chi connectivity index (χ2v) is 4.42. The molecule has 9 nitrogen and oxygen atoms in total. The first-order valence-corrected chi connectivity index (χ1v) is 6.84. The van der Waals surface area contributed by atoms with Crippen molar-refractivity contribution in [3.63, 3.8) is 0 Å². The number of H-pyrrole nitrogens is 1. The van der Waals surface area contributed by atoms with E-state index in [1.165, 1.54) is 18.6 Å². The van der Waals surface area contributed by atoms with E-state index in [0.717, 1.165) is 0 Å². The van der Waals surface area contributed by atoms with Gasteiger partial charge in [-0.1, -0.05) is 0 Å². The smallest absolute Gasteiger partial charge is 0.257 e. The molecule has 2 aromatic heterocycles. The predicted molar refractivity (Wildman–Crippen MR) is 81.2 cm³/mol. The number of nitrogens with one attached hydrogen (secondary N) is 3.